The molecule has 2 N–H and O–H groups in total. The molecule has 3 unspecified atom stereocenters. The number of rotatable bonds is 3. The van der Waals surface area contributed by atoms with Crippen LogP contribution in [-0.4, -0.2) is 55.9 Å². The predicted molar refractivity (Wildman–Crippen MR) is 109 cm³/mol. The molecule has 3 aliphatic rings. The standard InChI is InChI=1S/C21H33N5O/c1-14-6-5-7-17(23-14)26-11-8-15(9-12-26)24-20(22-4)25-18-16-10-13-27-19(16)21(18,2)3/h5-7,15-16,18-19H,8-13H2,1-4H3,(H2,22,24,25). The highest BCUT2D eigenvalue weighted by molar-refractivity contribution is 5.80. The van der Waals surface area contributed by atoms with Crippen LogP contribution in [0.25, 0.3) is 0 Å². The van der Waals surface area contributed by atoms with Crippen LogP contribution >= 0.6 is 0 Å². The number of piperidine rings is 1. The molecule has 1 aromatic rings. The summed E-state index contributed by atoms with van der Waals surface area (Å²) in [4.78, 5) is 11.5. The van der Waals surface area contributed by atoms with Crippen molar-refractivity contribution in [2.45, 2.75) is 58.2 Å². The number of nitrogens with one attached hydrogen (secondary N) is 2. The summed E-state index contributed by atoms with van der Waals surface area (Å²) >= 11 is 0. The van der Waals surface area contributed by atoms with Gasteiger partial charge in [0.2, 0.25) is 0 Å². The van der Waals surface area contributed by atoms with Crippen molar-refractivity contribution in [2.24, 2.45) is 16.3 Å². The highest BCUT2D eigenvalue weighted by Gasteiger charge is 2.59. The Bertz CT molecular complexity index is 696. The topological polar surface area (TPSA) is 61.8 Å². The van der Waals surface area contributed by atoms with Crippen LogP contribution in [0.3, 0.4) is 0 Å². The van der Waals surface area contributed by atoms with E-state index in [0.717, 1.165) is 56.4 Å². The summed E-state index contributed by atoms with van der Waals surface area (Å²) in [5.74, 6) is 2.65. The zero-order valence-electron chi connectivity index (χ0n) is 17.0. The lowest BCUT2D eigenvalue weighted by Gasteiger charge is -2.55. The lowest BCUT2D eigenvalue weighted by molar-refractivity contribution is -0.106. The predicted octanol–water partition coefficient (Wildman–Crippen LogP) is 2.34. The van der Waals surface area contributed by atoms with Crippen LogP contribution in [0.15, 0.2) is 23.2 Å². The van der Waals surface area contributed by atoms with E-state index in [0.29, 0.717) is 24.1 Å². The van der Waals surface area contributed by atoms with Gasteiger partial charge >= 0.3 is 0 Å². The van der Waals surface area contributed by atoms with E-state index in [1.807, 2.05) is 7.05 Å². The smallest absolute Gasteiger partial charge is 0.191 e. The van der Waals surface area contributed by atoms with Crippen molar-refractivity contribution in [1.82, 2.24) is 15.6 Å². The Morgan fingerprint density at radius 1 is 1.22 bits per heavy atom. The van der Waals surface area contributed by atoms with Gasteiger partial charge in [-0.3, -0.25) is 4.99 Å². The van der Waals surface area contributed by atoms with E-state index in [2.05, 4.69) is 64.5 Å². The summed E-state index contributed by atoms with van der Waals surface area (Å²) in [6.07, 6.45) is 3.75. The molecule has 6 heteroatoms. The third-order valence-electron chi connectivity index (χ3n) is 6.65. The highest BCUT2D eigenvalue weighted by Crippen LogP contribution is 2.52. The SMILES string of the molecule is CN=C(NC1CCN(c2cccc(C)n2)CC1)NC1C2CCOC2C1(C)C. The summed E-state index contributed by atoms with van der Waals surface area (Å²) in [6, 6.07) is 7.15. The third kappa shape index (κ3) is 3.51. The van der Waals surface area contributed by atoms with E-state index >= 15 is 0 Å². The van der Waals surface area contributed by atoms with Gasteiger partial charge < -0.3 is 20.3 Å². The van der Waals surface area contributed by atoms with E-state index in [-0.39, 0.29) is 5.41 Å². The molecule has 0 aromatic carbocycles. The molecule has 3 heterocycles. The molecule has 4 rings (SSSR count). The van der Waals surface area contributed by atoms with Crippen molar-refractivity contribution < 1.29 is 4.74 Å². The average Bonchev–Trinajstić information content (AvgIpc) is 3.13. The molecule has 0 spiro atoms. The van der Waals surface area contributed by atoms with Gasteiger partial charge in [0, 0.05) is 55.9 Å². The molecular weight excluding hydrogens is 338 g/mol. The number of hydrogen-bond acceptors (Lipinski definition) is 4. The third-order valence-corrected chi connectivity index (χ3v) is 6.65. The van der Waals surface area contributed by atoms with Gasteiger partial charge in [-0.05, 0) is 38.3 Å². The normalized spacial score (nSPS) is 30.6. The fraction of sp³-hybridized carbons (Fsp3) is 0.714. The number of ether oxygens (including phenoxy) is 1. The molecule has 1 aromatic heterocycles. The molecule has 3 fully saturated rings. The number of guanidine groups is 1. The summed E-state index contributed by atoms with van der Waals surface area (Å²) in [7, 11) is 1.87. The van der Waals surface area contributed by atoms with E-state index in [9.17, 15) is 0 Å². The van der Waals surface area contributed by atoms with E-state index in [1.165, 1.54) is 0 Å². The summed E-state index contributed by atoms with van der Waals surface area (Å²) in [6.45, 7) is 9.61. The zero-order valence-corrected chi connectivity index (χ0v) is 17.0. The summed E-state index contributed by atoms with van der Waals surface area (Å²) in [5.41, 5.74) is 1.24. The first-order valence-electron chi connectivity index (χ1n) is 10.3. The number of hydrogen-bond donors (Lipinski definition) is 2. The Labute approximate surface area is 162 Å². The Hall–Kier alpha value is -1.82. The fourth-order valence-electron chi connectivity index (χ4n) is 5.09. The van der Waals surface area contributed by atoms with E-state index in [1.54, 1.807) is 0 Å². The second-order valence-electron chi connectivity index (χ2n) is 8.80. The van der Waals surface area contributed by atoms with Crippen LogP contribution in [0.5, 0.6) is 0 Å². The Morgan fingerprint density at radius 3 is 2.70 bits per heavy atom. The van der Waals surface area contributed by atoms with Gasteiger partial charge in [0.1, 0.15) is 5.82 Å². The lowest BCUT2D eigenvalue weighted by atomic mass is 9.57. The molecule has 27 heavy (non-hydrogen) atoms. The first-order valence-corrected chi connectivity index (χ1v) is 10.3. The number of anilines is 1. The molecular formula is C21H33N5O. The van der Waals surface area contributed by atoms with Crippen LogP contribution in [0.4, 0.5) is 5.82 Å². The monoisotopic (exact) mass is 371 g/mol. The highest BCUT2D eigenvalue weighted by atomic mass is 16.5. The molecule has 1 aliphatic carbocycles. The zero-order chi connectivity index (χ0) is 19.0. The van der Waals surface area contributed by atoms with Crippen molar-refractivity contribution in [3.05, 3.63) is 23.9 Å². The largest absolute Gasteiger partial charge is 0.377 e. The molecule has 0 bridgehead atoms. The second kappa shape index (κ2) is 7.30. The van der Waals surface area contributed by atoms with Gasteiger partial charge in [0.15, 0.2) is 5.96 Å². The van der Waals surface area contributed by atoms with Crippen LogP contribution < -0.4 is 15.5 Å². The molecule has 6 nitrogen and oxygen atoms in total. The van der Waals surface area contributed by atoms with Crippen molar-refractivity contribution in [3.63, 3.8) is 0 Å². The van der Waals surface area contributed by atoms with Gasteiger partial charge in [0.05, 0.1) is 6.10 Å². The fourth-order valence-corrected chi connectivity index (χ4v) is 5.09. The maximum absolute atomic E-state index is 5.91. The van der Waals surface area contributed by atoms with Gasteiger partial charge in [-0.2, -0.15) is 0 Å². The molecule has 3 atom stereocenters. The van der Waals surface area contributed by atoms with Crippen LogP contribution in [0.1, 0.15) is 38.8 Å². The lowest BCUT2D eigenvalue weighted by Crippen LogP contribution is -2.68. The van der Waals surface area contributed by atoms with Gasteiger partial charge in [0.25, 0.3) is 0 Å². The second-order valence-corrected chi connectivity index (χ2v) is 8.80. The number of aromatic nitrogens is 1. The maximum atomic E-state index is 5.91. The molecule has 1 saturated carbocycles. The van der Waals surface area contributed by atoms with Gasteiger partial charge in [-0.1, -0.05) is 19.9 Å². The van der Waals surface area contributed by atoms with Gasteiger partial charge in [-0.15, -0.1) is 0 Å². The van der Waals surface area contributed by atoms with E-state index in [4.69, 9.17) is 4.74 Å². The van der Waals surface area contributed by atoms with Crippen molar-refractivity contribution >= 4 is 11.8 Å². The van der Waals surface area contributed by atoms with E-state index < -0.39 is 0 Å². The summed E-state index contributed by atoms with van der Waals surface area (Å²) < 4.78 is 5.91. The van der Waals surface area contributed by atoms with Gasteiger partial charge in [-0.25, -0.2) is 4.98 Å². The van der Waals surface area contributed by atoms with Crippen LogP contribution in [-0.2, 0) is 4.74 Å². The number of nitrogens with zero attached hydrogens (tertiary/aromatic N) is 3. The number of pyridine rings is 1. The quantitative estimate of drug-likeness (QED) is 0.631. The molecule has 0 amide bonds. The van der Waals surface area contributed by atoms with Crippen LogP contribution in [0.2, 0.25) is 0 Å². The number of fused-ring (bicyclic) bond motifs is 1. The number of aryl methyl sites for hydroxylation is 1. The van der Waals surface area contributed by atoms with Crippen molar-refractivity contribution in [1.29, 1.82) is 0 Å². The van der Waals surface area contributed by atoms with Crippen molar-refractivity contribution in [2.75, 3.05) is 31.6 Å². The minimum atomic E-state index is 0.166. The Morgan fingerprint density at radius 2 is 2.00 bits per heavy atom. The molecule has 0 radical (unpaired) electrons. The Kier molecular flexibility index (Phi) is 5.01. The van der Waals surface area contributed by atoms with Crippen molar-refractivity contribution in [3.8, 4) is 0 Å². The maximum Gasteiger partial charge on any atom is 0.191 e. The average molecular weight is 372 g/mol. The first kappa shape index (κ1) is 18.5. The minimum Gasteiger partial charge on any atom is -0.377 e. The molecule has 2 saturated heterocycles. The minimum absolute atomic E-state index is 0.166. The number of aliphatic imine (C=N–C) groups is 1. The summed E-state index contributed by atoms with van der Waals surface area (Å²) in [5, 5.41) is 7.35. The Balaban J connectivity index is 1.30. The molecule has 2 aliphatic heterocycles. The first-order chi connectivity index (χ1) is 13.0. The van der Waals surface area contributed by atoms with Crippen LogP contribution in [0, 0.1) is 18.3 Å². The molecule has 148 valence electrons.